The topological polar surface area (TPSA) is 56.1 Å². The van der Waals surface area contributed by atoms with Gasteiger partial charge in [-0.2, -0.15) is 0 Å². The largest absolute Gasteiger partial charge is 0.465 e. The second-order valence-corrected chi connectivity index (χ2v) is 7.74. The lowest BCUT2D eigenvalue weighted by molar-refractivity contribution is 0.0600. The fraction of sp³-hybridized carbons (Fsp3) is 0.429. The van der Waals surface area contributed by atoms with E-state index >= 15 is 0 Å². The van der Waals surface area contributed by atoms with Gasteiger partial charge in [-0.3, -0.25) is 4.98 Å². The predicted molar refractivity (Wildman–Crippen MR) is 104 cm³/mol. The molecule has 0 unspecified atom stereocenters. The van der Waals surface area contributed by atoms with Crippen molar-refractivity contribution in [2.24, 2.45) is 7.05 Å². The maximum absolute atomic E-state index is 11.8. The predicted octanol–water partition coefficient (Wildman–Crippen LogP) is 3.55. The van der Waals surface area contributed by atoms with Crippen LogP contribution in [0.25, 0.3) is 17.0 Å². The summed E-state index contributed by atoms with van der Waals surface area (Å²) in [6.45, 7) is 8.47. The molecule has 0 aliphatic carbocycles. The van der Waals surface area contributed by atoms with Gasteiger partial charge in [-0.25, -0.2) is 4.79 Å². The Balaban J connectivity index is 2.09. The first-order chi connectivity index (χ1) is 12.3. The molecular weight excluding hydrogens is 326 g/mol. The van der Waals surface area contributed by atoms with Gasteiger partial charge in [-0.1, -0.05) is 32.9 Å². The van der Waals surface area contributed by atoms with E-state index in [0.717, 1.165) is 36.6 Å². The number of nitrogens with zero attached hydrogens (tertiary/aromatic N) is 2. The number of ether oxygens (including phenoxy) is 1. The van der Waals surface area contributed by atoms with Crippen molar-refractivity contribution in [2.75, 3.05) is 20.2 Å². The minimum absolute atomic E-state index is 0.0760. The number of nitrogens with one attached hydrogen (secondary N) is 1. The average molecular weight is 353 g/mol. The van der Waals surface area contributed by atoms with Crippen molar-refractivity contribution in [3.8, 4) is 11.4 Å². The molecule has 0 saturated carbocycles. The molecule has 138 valence electrons. The number of hydrogen-bond donors (Lipinski definition) is 1. The standard InChI is InChI=1S/C21H27N3O2/c1-21(2,3)19-16(14-8-10-22-11-9-14)6-7-17(23-19)18-12-15(13-24(18)4)20(25)26-5/h6-8,12-13,22H,9-11H2,1-5H3. The van der Waals surface area contributed by atoms with Gasteiger partial charge in [0, 0.05) is 25.2 Å². The van der Waals surface area contributed by atoms with Crippen molar-refractivity contribution in [1.82, 2.24) is 14.9 Å². The third-order valence-corrected chi connectivity index (χ3v) is 4.70. The van der Waals surface area contributed by atoms with Crippen molar-refractivity contribution in [3.63, 3.8) is 0 Å². The van der Waals surface area contributed by atoms with Crippen LogP contribution in [0.15, 0.2) is 30.5 Å². The van der Waals surface area contributed by atoms with Gasteiger partial charge >= 0.3 is 5.97 Å². The summed E-state index contributed by atoms with van der Waals surface area (Å²) in [6, 6.07) is 6.05. The summed E-state index contributed by atoms with van der Waals surface area (Å²) in [4.78, 5) is 16.8. The van der Waals surface area contributed by atoms with Gasteiger partial charge in [0.25, 0.3) is 0 Å². The fourth-order valence-corrected chi connectivity index (χ4v) is 3.35. The zero-order valence-corrected chi connectivity index (χ0v) is 16.2. The van der Waals surface area contributed by atoms with E-state index in [1.807, 2.05) is 23.7 Å². The number of carbonyl (C=O) groups is 1. The molecule has 0 bridgehead atoms. The van der Waals surface area contributed by atoms with Crippen LogP contribution in [0.5, 0.6) is 0 Å². The minimum Gasteiger partial charge on any atom is -0.465 e. The van der Waals surface area contributed by atoms with Crippen molar-refractivity contribution >= 4 is 11.5 Å². The van der Waals surface area contributed by atoms with Crippen LogP contribution in [-0.4, -0.2) is 35.7 Å². The number of pyridine rings is 1. The van der Waals surface area contributed by atoms with Crippen LogP contribution >= 0.6 is 0 Å². The lowest BCUT2D eigenvalue weighted by Gasteiger charge is -2.25. The summed E-state index contributed by atoms with van der Waals surface area (Å²) < 4.78 is 6.75. The van der Waals surface area contributed by atoms with E-state index in [1.165, 1.54) is 18.2 Å². The Bertz CT molecular complexity index is 857. The van der Waals surface area contributed by atoms with Gasteiger partial charge in [0.1, 0.15) is 0 Å². The summed E-state index contributed by atoms with van der Waals surface area (Å²) in [5.74, 6) is -0.334. The van der Waals surface area contributed by atoms with Gasteiger partial charge in [0.15, 0.2) is 0 Å². The third-order valence-electron chi connectivity index (χ3n) is 4.70. The lowest BCUT2D eigenvalue weighted by Crippen LogP contribution is -2.22. The van der Waals surface area contributed by atoms with Crippen molar-refractivity contribution in [3.05, 3.63) is 47.3 Å². The molecule has 0 fully saturated rings. The molecule has 5 nitrogen and oxygen atoms in total. The molecule has 0 radical (unpaired) electrons. The van der Waals surface area contributed by atoms with Crippen LogP contribution < -0.4 is 5.32 Å². The molecule has 0 spiro atoms. The first-order valence-electron chi connectivity index (χ1n) is 8.98. The zero-order valence-electron chi connectivity index (χ0n) is 16.2. The molecule has 3 heterocycles. The van der Waals surface area contributed by atoms with Crippen molar-refractivity contribution < 1.29 is 9.53 Å². The van der Waals surface area contributed by atoms with Crippen LogP contribution in [0.2, 0.25) is 0 Å². The van der Waals surface area contributed by atoms with E-state index in [4.69, 9.17) is 9.72 Å². The molecular formula is C21H27N3O2. The second-order valence-electron chi connectivity index (χ2n) is 7.74. The second kappa shape index (κ2) is 7.08. The van der Waals surface area contributed by atoms with Crippen LogP contribution in [-0.2, 0) is 17.2 Å². The molecule has 0 amide bonds. The highest BCUT2D eigenvalue weighted by Crippen LogP contribution is 2.33. The molecule has 1 aliphatic rings. The number of aromatic nitrogens is 2. The average Bonchev–Trinajstić information content (AvgIpc) is 3.02. The molecule has 0 aromatic carbocycles. The number of methoxy groups -OCH3 is 1. The molecule has 26 heavy (non-hydrogen) atoms. The molecule has 3 rings (SSSR count). The molecule has 0 atom stereocenters. The van der Waals surface area contributed by atoms with E-state index in [0.29, 0.717) is 5.56 Å². The number of hydrogen-bond acceptors (Lipinski definition) is 4. The van der Waals surface area contributed by atoms with Gasteiger partial charge < -0.3 is 14.6 Å². The molecule has 5 heteroatoms. The summed E-state index contributed by atoms with van der Waals surface area (Å²) in [6.07, 6.45) is 5.05. The SMILES string of the molecule is COC(=O)c1cc(-c2ccc(C3=CCNCC3)c(C(C)(C)C)n2)n(C)c1. The highest BCUT2D eigenvalue weighted by molar-refractivity contribution is 5.90. The Labute approximate surface area is 155 Å². The third kappa shape index (κ3) is 3.58. The molecule has 1 N–H and O–H groups in total. The highest BCUT2D eigenvalue weighted by atomic mass is 16.5. The maximum Gasteiger partial charge on any atom is 0.339 e. The van der Waals surface area contributed by atoms with Crippen LogP contribution in [0.3, 0.4) is 0 Å². The van der Waals surface area contributed by atoms with Gasteiger partial charge in [-0.15, -0.1) is 0 Å². The fourth-order valence-electron chi connectivity index (χ4n) is 3.35. The smallest absolute Gasteiger partial charge is 0.339 e. The normalized spacial score (nSPS) is 14.9. The first-order valence-corrected chi connectivity index (χ1v) is 8.98. The quantitative estimate of drug-likeness (QED) is 0.858. The Morgan fingerprint density at radius 1 is 1.31 bits per heavy atom. The summed E-state index contributed by atoms with van der Waals surface area (Å²) in [5.41, 5.74) is 5.90. The first kappa shape index (κ1) is 18.4. The number of carbonyl (C=O) groups excluding carboxylic acids is 1. The number of aryl methyl sites for hydroxylation is 1. The summed E-state index contributed by atoms with van der Waals surface area (Å²) >= 11 is 0. The molecule has 2 aromatic rings. The van der Waals surface area contributed by atoms with E-state index in [-0.39, 0.29) is 11.4 Å². The van der Waals surface area contributed by atoms with Gasteiger partial charge in [-0.05, 0) is 36.2 Å². The van der Waals surface area contributed by atoms with E-state index in [1.54, 1.807) is 6.20 Å². The highest BCUT2D eigenvalue weighted by Gasteiger charge is 2.24. The summed E-state index contributed by atoms with van der Waals surface area (Å²) in [5, 5.41) is 3.36. The van der Waals surface area contributed by atoms with Crippen LogP contribution in [0, 0.1) is 0 Å². The number of esters is 1. The maximum atomic E-state index is 11.8. The Morgan fingerprint density at radius 2 is 2.08 bits per heavy atom. The Hall–Kier alpha value is -2.40. The number of rotatable bonds is 3. The lowest BCUT2D eigenvalue weighted by atomic mass is 9.84. The Kier molecular flexibility index (Phi) is 5.01. The Morgan fingerprint density at radius 3 is 2.69 bits per heavy atom. The summed E-state index contributed by atoms with van der Waals surface area (Å²) in [7, 11) is 3.32. The molecule has 0 saturated heterocycles. The van der Waals surface area contributed by atoms with E-state index in [9.17, 15) is 4.79 Å². The van der Waals surface area contributed by atoms with Gasteiger partial charge in [0.2, 0.25) is 0 Å². The van der Waals surface area contributed by atoms with E-state index in [2.05, 4.69) is 38.2 Å². The minimum atomic E-state index is -0.334. The zero-order chi connectivity index (χ0) is 18.9. The van der Waals surface area contributed by atoms with E-state index < -0.39 is 0 Å². The van der Waals surface area contributed by atoms with Gasteiger partial charge in [0.05, 0.1) is 29.8 Å². The van der Waals surface area contributed by atoms with Crippen LogP contribution in [0.1, 0.15) is 48.8 Å². The molecule has 1 aliphatic heterocycles. The van der Waals surface area contributed by atoms with Crippen molar-refractivity contribution in [2.45, 2.75) is 32.6 Å². The molecule has 2 aromatic heterocycles. The van der Waals surface area contributed by atoms with Crippen LogP contribution in [0.4, 0.5) is 0 Å². The van der Waals surface area contributed by atoms with Crippen molar-refractivity contribution in [1.29, 1.82) is 0 Å². The monoisotopic (exact) mass is 353 g/mol.